The predicted molar refractivity (Wildman–Crippen MR) is 93.4 cm³/mol. The lowest BCUT2D eigenvalue weighted by atomic mass is 10.2. The number of ether oxygens (including phenoxy) is 2. The highest BCUT2D eigenvalue weighted by molar-refractivity contribution is 5.92. The first kappa shape index (κ1) is 15.5. The summed E-state index contributed by atoms with van der Waals surface area (Å²) in [5.74, 6) is 2.60. The average molecular weight is 338 g/mol. The Kier molecular flexibility index (Phi) is 4.24. The van der Waals surface area contributed by atoms with Gasteiger partial charge >= 0.3 is 0 Å². The summed E-state index contributed by atoms with van der Waals surface area (Å²) in [6, 6.07) is 11.7. The average Bonchev–Trinajstić information content (AvgIpc) is 3.15. The Balaban J connectivity index is 1.34. The van der Waals surface area contributed by atoms with E-state index in [0.717, 1.165) is 36.0 Å². The Bertz CT molecular complexity index is 784. The van der Waals surface area contributed by atoms with Gasteiger partial charge in [0, 0.05) is 12.1 Å². The molecular weight excluding hydrogens is 318 g/mol. The summed E-state index contributed by atoms with van der Waals surface area (Å²) in [6.45, 7) is 3.33. The van der Waals surface area contributed by atoms with E-state index in [9.17, 15) is 4.79 Å². The van der Waals surface area contributed by atoms with E-state index in [-0.39, 0.29) is 12.7 Å². The second-order valence-corrected chi connectivity index (χ2v) is 6.01. The summed E-state index contributed by atoms with van der Waals surface area (Å²) >= 11 is 0. The number of anilines is 1. The molecule has 2 aromatic rings. The Labute approximate surface area is 146 Å². The first-order chi connectivity index (χ1) is 12.3. The van der Waals surface area contributed by atoms with Crippen molar-refractivity contribution in [2.45, 2.75) is 0 Å². The minimum Gasteiger partial charge on any atom is -0.454 e. The molecule has 0 unspecified atom stereocenters. The molecule has 0 radical (unpaired) electrons. The molecule has 2 aliphatic heterocycles. The molecule has 4 rings (SSSR count). The van der Waals surface area contributed by atoms with Crippen LogP contribution in [0, 0.1) is 0 Å². The van der Waals surface area contributed by atoms with Crippen LogP contribution in [-0.4, -0.2) is 43.8 Å². The van der Waals surface area contributed by atoms with Crippen molar-refractivity contribution in [3.63, 3.8) is 0 Å². The standard InChI is InChI=1S/C19H19N3O3/c23-19(7-5-15-4-6-16-17(13-15)25-14-24-16)22-11-9-21(10-12-22)18-3-1-2-8-20-18/h1-8,13H,9-12,14H2/p+1/b7-5+. The van der Waals surface area contributed by atoms with Crippen molar-refractivity contribution in [3.8, 4) is 11.5 Å². The van der Waals surface area contributed by atoms with Crippen LogP contribution in [0.1, 0.15) is 5.56 Å². The smallest absolute Gasteiger partial charge is 0.274 e. The molecule has 1 aromatic heterocycles. The molecule has 2 aliphatic rings. The summed E-state index contributed by atoms with van der Waals surface area (Å²) in [6.07, 6.45) is 5.37. The van der Waals surface area contributed by atoms with Crippen LogP contribution in [0.25, 0.3) is 6.08 Å². The molecule has 1 fully saturated rings. The van der Waals surface area contributed by atoms with Crippen molar-refractivity contribution in [2.24, 2.45) is 0 Å². The van der Waals surface area contributed by atoms with Gasteiger partial charge in [-0.05, 0) is 29.8 Å². The van der Waals surface area contributed by atoms with Crippen LogP contribution >= 0.6 is 0 Å². The van der Waals surface area contributed by atoms with Gasteiger partial charge in [-0.2, -0.15) is 0 Å². The molecular formula is C19H20N3O3+. The second-order valence-electron chi connectivity index (χ2n) is 6.01. The molecule has 6 heteroatoms. The molecule has 0 atom stereocenters. The third-order valence-electron chi connectivity index (χ3n) is 4.44. The largest absolute Gasteiger partial charge is 0.454 e. The fourth-order valence-corrected chi connectivity index (χ4v) is 3.04. The van der Waals surface area contributed by atoms with Gasteiger partial charge in [0.15, 0.2) is 11.5 Å². The highest BCUT2D eigenvalue weighted by atomic mass is 16.7. The Morgan fingerprint density at radius 1 is 1.04 bits per heavy atom. The zero-order valence-corrected chi connectivity index (χ0v) is 13.9. The van der Waals surface area contributed by atoms with Crippen LogP contribution < -0.4 is 19.4 Å². The molecule has 0 spiro atoms. The third kappa shape index (κ3) is 3.42. The SMILES string of the molecule is O=C(/C=C/c1ccc2c(c1)OCO2)N1CCN(c2cccc[nH+]2)CC1. The maximum atomic E-state index is 12.4. The van der Waals surface area contributed by atoms with Crippen LogP contribution in [0.5, 0.6) is 11.5 Å². The Hall–Kier alpha value is -3.02. The van der Waals surface area contributed by atoms with E-state index in [0.29, 0.717) is 13.1 Å². The van der Waals surface area contributed by atoms with Gasteiger partial charge < -0.3 is 14.4 Å². The number of aromatic nitrogens is 1. The first-order valence-electron chi connectivity index (χ1n) is 8.38. The van der Waals surface area contributed by atoms with Gasteiger partial charge in [0.05, 0.1) is 19.3 Å². The molecule has 1 N–H and O–H groups in total. The predicted octanol–water partition coefficient (Wildman–Crippen LogP) is 1.59. The molecule has 1 amide bonds. The Morgan fingerprint density at radius 2 is 1.88 bits per heavy atom. The van der Waals surface area contributed by atoms with Crippen molar-refractivity contribution in [2.75, 3.05) is 37.9 Å². The maximum absolute atomic E-state index is 12.4. The first-order valence-corrected chi connectivity index (χ1v) is 8.38. The van der Waals surface area contributed by atoms with Crippen LogP contribution in [0.3, 0.4) is 0 Å². The molecule has 0 bridgehead atoms. The third-order valence-corrected chi connectivity index (χ3v) is 4.44. The van der Waals surface area contributed by atoms with Crippen molar-refractivity contribution < 1.29 is 19.3 Å². The lowest BCUT2D eigenvalue weighted by molar-refractivity contribution is -0.364. The molecule has 128 valence electrons. The van der Waals surface area contributed by atoms with Gasteiger partial charge in [0.2, 0.25) is 12.7 Å². The van der Waals surface area contributed by atoms with Crippen LogP contribution in [-0.2, 0) is 4.79 Å². The highest BCUT2D eigenvalue weighted by Gasteiger charge is 2.24. The fourth-order valence-electron chi connectivity index (χ4n) is 3.04. The van der Waals surface area contributed by atoms with Crippen LogP contribution in [0.4, 0.5) is 5.82 Å². The summed E-state index contributed by atoms with van der Waals surface area (Å²) in [5.41, 5.74) is 0.926. The van der Waals surface area contributed by atoms with Crippen molar-refractivity contribution in [1.29, 1.82) is 0 Å². The second kappa shape index (κ2) is 6.84. The van der Waals surface area contributed by atoms with Crippen molar-refractivity contribution in [3.05, 3.63) is 54.2 Å². The molecule has 6 nitrogen and oxygen atoms in total. The molecule has 3 heterocycles. The van der Waals surface area contributed by atoms with Crippen molar-refractivity contribution in [1.82, 2.24) is 4.90 Å². The number of piperazine rings is 1. The lowest BCUT2D eigenvalue weighted by Gasteiger charge is -2.30. The number of rotatable bonds is 3. The Morgan fingerprint density at radius 3 is 2.68 bits per heavy atom. The van der Waals surface area contributed by atoms with Gasteiger partial charge in [-0.1, -0.05) is 12.1 Å². The molecule has 25 heavy (non-hydrogen) atoms. The van der Waals surface area contributed by atoms with E-state index in [1.807, 2.05) is 47.5 Å². The quantitative estimate of drug-likeness (QED) is 0.798. The number of nitrogens with one attached hydrogen (secondary N) is 1. The normalized spacial score (nSPS) is 16.5. The zero-order valence-electron chi connectivity index (χ0n) is 13.9. The van der Waals surface area contributed by atoms with Crippen molar-refractivity contribution >= 4 is 17.8 Å². The maximum Gasteiger partial charge on any atom is 0.274 e. The number of carbonyl (C=O) groups excluding carboxylic acids is 1. The van der Waals surface area contributed by atoms with Crippen LogP contribution in [0.2, 0.25) is 0 Å². The molecule has 0 aliphatic carbocycles. The summed E-state index contributed by atoms with van der Waals surface area (Å²) in [5, 5.41) is 0. The van der Waals surface area contributed by atoms with Gasteiger partial charge in [-0.15, -0.1) is 0 Å². The monoisotopic (exact) mass is 338 g/mol. The number of amides is 1. The lowest BCUT2D eigenvalue weighted by Crippen LogP contribution is -2.49. The van der Waals surface area contributed by atoms with Gasteiger partial charge in [0.1, 0.15) is 13.1 Å². The number of H-pyrrole nitrogens is 1. The highest BCUT2D eigenvalue weighted by Crippen LogP contribution is 2.32. The number of hydrogen-bond donors (Lipinski definition) is 0. The molecule has 1 saturated heterocycles. The minimum absolute atomic E-state index is 0.0364. The topological polar surface area (TPSA) is 56.2 Å². The van der Waals surface area contributed by atoms with Crippen LogP contribution in [0.15, 0.2) is 48.7 Å². The molecule has 1 aromatic carbocycles. The number of pyridine rings is 1. The molecule has 0 saturated carbocycles. The number of hydrogen-bond acceptors (Lipinski definition) is 4. The van der Waals surface area contributed by atoms with E-state index >= 15 is 0 Å². The van der Waals surface area contributed by atoms with Gasteiger partial charge in [-0.3, -0.25) is 9.69 Å². The summed E-state index contributed by atoms with van der Waals surface area (Å²) in [4.78, 5) is 19.8. The van der Waals surface area contributed by atoms with E-state index in [1.54, 1.807) is 6.08 Å². The van der Waals surface area contributed by atoms with Gasteiger partial charge in [0.25, 0.3) is 5.82 Å². The van der Waals surface area contributed by atoms with E-state index < -0.39 is 0 Å². The summed E-state index contributed by atoms with van der Waals surface area (Å²) < 4.78 is 10.6. The summed E-state index contributed by atoms with van der Waals surface area (Å²) in [7, 11) is 0. The number of aromatic amines is 1. The van der Waals surface area contributed by atoms with Gasteiger partial charge in [-0.25, -0.2) is 4.98 Å². The van der Waals surface area contributed by atoms with E-state index in [1.165, 1.54) is 0 Å². The number of benzene rings is 1. The minimum atomic E-state index is 0.0364. The number of carbonyl (C=O) groups is 1. The van der Waals surface area contributed by atoms with E-state index in [2.05, 4.69) is 16.0 Å². The number of nitrogens with zero attached hydrogens (tertiary/aromatic N) is 2. The fraction of sp³-hybridized carbons (Fsp3) is 0.263. The zero-order chi connectivity index (χ0) is 17.1. The number of fused-ring (bicyclic) bond motifs is 1. The van der Waals surface area contributed by atoms with E-state index in [4.69, 9.17) is 9.47 Å².